The smallest absolute Gasteiger partial charge is 0.313 e. The number of rotatable bonds is 5. The number of carbonyl (C=O) groups excluding carboxylic acids is 2. The minimum absolute atomic E-state index is 0.127. The molecule has 62 valence electrons. The Bertz CT molecular complexity index is 165. The molecule has 0 heterocycles. The van der Waals surface area contributed by atoms with Crippen LogP contribution in [-0.4, -0.2) is 24.2 Å². The largest absolute Gasteiger partial charge is 0.469 e. The van der Waals surface area contributed by atoms with E-state index in [9.17, 15) is 9.59 Å². The Kier molecular flexibility index (Phi) is 5.56. The summed E-state index contributed by atoms with van der Waals surface area (Å²) in [5.74, 6) is -0.614. The molecule has 0 aliphatic carbocycles. The van der Waals surface area contributed by atoms with Crippen molar-refractivity contribution in [3.63, 3.8) is 0 Å². The summed E-state index contributed by atoms with van der Waals surface area (Å²) in [6.45, 7) is 0. The van der Waals surface area contributed by atoms with Gasteiger partial charge in [-0.3, -0.25) is 9.59 Å². The van der Waals surface area contributed by atoms with E-state index in [4.69, 9.17) is 0 Å². The molecule has 0 amide bonds. The highest BCUT2D eigenvalue weighted by Crippen LogP contribution is 1.94. The van der Waals surface area contributed by atoms with E-state index in [1.54, 1.807) is 0 Å². The SMILES string of the molecule is COC(=O)CC(=O)CCC=S. The lowest BCUT2D eigenvalue weighted by Crippen LogP contribution is -2.08. The van der Waals surface area contributed by atoms with Gasteiger partial charge in [0.05, 0.1) is 7.11 Å². The van der Waals surface area contributed by atoms with Crippen molar-refractivity contribution in [2.75, 3.05) is 7.11 Å². The molecule has 0 aromatic rings. The second-order valence-corrected chi connectivity index (χ2v) is 2.33. The van der Waals surface area contributed by atoms with Crippen LogP contribution in [0.1, 0.15) is 19.3 Å². The zero-order valence-electron chi connectivity index (χ0n) is 6.33. The van der Waals surface area contributed by atoms with E-state index in [0.29, 0.717) is 12.8 Å². The molecule has 0 rings (SSSR count). The van der Waals surface area contributed by atoms with Gasteiger partial charge in [0.15, 0.2) is 0 Å². The Morgan fingerprint density at radius 1 is 1.55 bits per heavy atom. The van der Waals surface area contributed by atoms with E-state index in [1.807, 2.05) is 0 Å². The zero-order valence-corrected chi connectivity index (χ0v) is 7.15. The first kappa shape index (κ1) is 10.2. The second-order valence-electron chi connectivity index (χ2n) is 2.00. The van der Waals surface area contributed by atoms with E-state index >= 15 is 0 Å². The van der Waals surface area contributed by atoms with Gasteiger partial charge in [0.1, 0.15) is 12.2 Å². The summed E-state index contributed by atoms with van der Waals surface area (Å²) in [6.07, 6.45) is 0.740. The Balaban J connectivity index is 3.51. The van der Waals surface area contributed by atoms with Crippen LogP contribution in [0.2, 0.25) is 0 Å². The molecular formula is C7H10O3S. The molecule has 0 radical (unpaired) electrons. The maximum absolute atomic E-state index is 10.8. The van der Waals surface area contributed by atoms with Crippen LogP contribution in [0.3, 0.4) is 0 Å². The lowest BCUT2D eigenvalue weighted by atomic mass is 10.2. The van der Waals surface area contributed by atoms with Crippen LogP contribution in [0.25, 0.3) is 0 Å². The summed E-state index contributed by atoms with van der Waals surface area (Å²) in [6, 6.07) is 0. The summed E-state index contributed by atoms with van der Waals surface area (Å²) in [5, 5.41) is 1.48. The number of ketones is 1. The molecule has 0 unspecified atom stereocenters. The average molecular weight is 174 g/mol. The molecule has 0 bridgehead atoms. The number of hydrogen-bond acceptors (Lipinski definition) is 4. The number of methoxy groups -OCH3 is 1. The molecule has 11 heavy (non-hydrogen) atoms. The van der Waals surface area contributed by atoms with Crippen LogP contribution < -0.4 is 0 Å². The topological polar surface area (TPSA) is 43.4 Å². The van der Waals surface area contributed by atoms with Crippen LogP contribution in [0.5, 0.6) is 0 Å². The molecule has 0 saturated carbocycles. The lowest BCUT2D eigenvalue weighted by Gasteiger charge is -1.95. The first-order valence-electron chi connectivity index (χ1n) is 3.23. The van der Waals surface area contributed by atoms with Gasteiger partial charge in [0.2, 0.25) is 0 Å². The predicted octanol–water partition coefficient (Wildman–Crippen LogP) is 0.898. The third-order valence-electron chi connectivity index (χ3n) is 1.11. The van der Waals surface area contributed by atoms with Gasteiger partial charge in [-0.05, 0) is 11.8 Å². The number of thiocarbonyl (C=S) groups is 1. The summed E-state index contributed by atoms with van der Waals surface area (Å²) in [4.78, 5) is 21.3. The molecule has 0 aliphatic heterocycles. The van der Waals surface area contributed by atoms with Gasteiger partial charge in [-0.1, -0.05) is 12.2 Å². The Hall–Kier alpha value is -0.770. The summed E-state index contributed by atoms with van der Waals surface area (Å²) in [7, 11) is 1.26. The summed E-state index contributed by atoms with van der Waals surface area (Å²) < 4.78 is 4.30. The van der Waals surface area contributed by atoms with Crippen molar-refractivity contribution in [3.05, 3.63) is 0 Å². The highest BCUT2D eigenvalue weighted by atomic mass is 32.1. The maximum atomic E-state index is 10.8. The van der Waals surface area contributed by atoms with Gasteiger partial charge in [-0.2, -0.15) is 0 Å². The number of carbonyl (C=O) groups is 2. The number of esters is 1. The Labute approximate surface area is 70.7 Å². The van der Waals surface area contributed by atoms with Crippen LogP contribution in [-0.2, 0) is 14.3 Å². The first-order valence-corrected chi connectivity index (χ1v) is 3.70. The minimum atomic E-state index is -0.487. The fraction of sp³-hybridized carbons (Fsp3) is 0.571. The highest BCUT2D eigenvalue weighted by molar-refractivity contribution is 7.78. The van der Waals surface area contributed by atoms with Crippen molar-refractivity contribution < 1.29 is 14.3 Å². The molecule has 0 aromatic carbocycles. The van der Waals surface area contributed by atoms with Gasteiger partial charge in [0.25, 0.3) is 0 Å². The van der Waals surface area contributed by atoms with Gasteiger partial charge < -0.3 is 4.74 Å². The first-order chi connectivity index (χ1) is 5.20. The maximum Gasteiger partial charge on any atom is 0.313 e. The molecular weight excluding hydrogens is 164 g/mol. The molecule has 0 aliphatic rings. The Morgan fingerprint density at radius 3 is 2.64 bits per heavy atom. The fourth-order valence-electron chi connectivity index (χ4n) is 0.541. The van der Waals surface area contributed by atoms with Crippen LogP contribution >= 0.6 is 12.2 Å². The minimum Gasteiger partial charge on any atom is -0.469 e. The Morgan fingerprint density at radius 2 is 2.18 bits per heavy atom. The zero-order chi connectivity index (χ0) is 8.69. The van der Waals surface area contributed by atoms with E-state index in [1.165, 1.54) is 12.5 Å². The van der Waals surface area contributed by atoms with Crippen molar-refractivity contribution in [3.8, 4) is 0 Å². The van der Waals surface area contributed by atoms with Gasteiger partial charge in [0, 0.05) is 6.42 Å². The molecule has 0 N–H and O–H groups in total. The molecule has 0 saturated heterocycles. The van der Waals surface area contributed by atoms with E-state index < -0.39 is 5.97 Å². The third kappa shape index (κ3) is 5.66. The predicted molar refractivity (Wildman–Crippen MR) is 44.5 cm³/mol. The number of Topliss-reactive ketones (excluding diaryl/α,β-unsaturated/α-hetero) is 1. The van der Waals surface area contributed by atoms with E-state index in [2.05, 4.69) is 17.0 Å². The quantitative estimate of drug-likeness (QED) is 0.353. The number of hydrogen-bond donors (Lipinski definition) is 0. The second kappa shape index (κ2) is 5.97. The van der Waals surface area contributed by atoms with Crippen molar-refractivity contribution in [1.29, 1.82) is 0 Å². The molecule has 0 atom stereocenters. The third-order valence-corrected chi connectivity index (χ3v) is 1.35. The van der Waals surface area contributed by atoms with Crippen molar-refractivity contribution in [2.24, 2.45) is 0 Å². The summed E-state index contributed by atoms with van der Waals surface area (Å²) in [5.41, 5.74) is 0. The van der Waals surface area contributed by atoms with Crippen molar-refractivity contribution in [1.82, 2.24) is 0 Å². The van der Waals surface area contributed by atoms with Gasteiger partial charge in [-0.15, -0.1) is 0 Å². The fourth-order valence-corrected chi connectivity index (χ4v) is 0.659. The number of ether oxygens (including phenoxy) is 1. The summed E-state index contributed by atoms with van der Waals surface area (Å²) >= 11 is 4.52. The molecule has 0 fully saturated rings. The van der Waals surface area contributed by atoms with Crippen molar-refractivity contribution >= 4 is 29.3 Å². The highest BCUT2D eigenvalue weighted by Gasteiger charge is 2.07. The monoisotopic (exact) mass is 174 g/mol. The molecule has 0 aromatic heterocycles. The van der Waals surface area contributed by atoms with Gasteiger partial charge in [-0.25, -0.2) is 0 Å². The van der Waals surface area contributed by atoms with Crippen LogP contribution in [0.15, 0.2) is 0 Å². The standard InChI is InChI=1S/C7H10O3S/c1-10-7(9)5-6(8)3-2-4-11/h4H,2-3,5H2,1H3. The van der Waals surface area contributed by atoms with Crippen molar-refractivity contribution in [2.45, 2.75) is 19.3 Å². The van der Waals surface area contributed by atoms with Crippen LogP contribution in [0, 0.1) is 0 Å². The normalized spacial score (nSPS) is 8.82. The van der Waals surface area contributed by atoms with E-state index in [0.717, 1.165) is 0 Å². The molecule has 3 nitrogen and oxygen atoms in total. The van der Waals surface area contributed by atoms with E-state index in [-0.39, 0.29) is 12.2 Å². The average Bonchev–Trinajstić information content (AvgIpc) is 2.00. The molecule has 0 spiro atoms. The molecule has 4 heteroatoms. The van der Waals surface area contributed by atoms with Gasteiger partial charge >= 0.3 is 5.97 Å². The van der Waals surface area contributed by atoms with Crippen LogP contribution in [0.4, 0.5) is 0 Å². The lowest BCUT2D eigenvalue weighted by molar-refractivity contribution is -0.143.